The number of hydrogen-bond donors (Lipinski definition) is 0. The van der Waals surface area contributed by atoms with Crippen LogP contribution in [0, 0.1) is 0 Å². The third-order valence-electron chi connectivity index (χ3n) is 5.85. The van der Waals surface area contributed by atoms with Gasteiger partial charge in [-0.15, -0.1) is 0 Å². The first-order valence-electron chi connectivity index (χ1n) is 11.5. The number of benzene rings is 1. The monoisotopic (exact) mass is 534 g/mol. The Kier molecular flexibility index (Phi) is 7.96. The third-order valence-corrected chi connectivity index (χ3v) is 5.85. The van der Waals surface area contributed by atoms with Crippen molar-refractivity contribution in [1.82, 2.24) is 9.36 Å². The maximum Gasteiger partial charge on any atom is 0.432 e. The average Bonchev–Trinajstić information content (AvgIpc) is 3.39. The average molecular weight is 535 g/mol. The van der Waals surface area contributed by atoms with E-state index >= 15 is 0 Å². The standard InChI is InChI=1S/C24H28F6N4O3/c1-14(23(25,26)27)32-37-18-9-8-15(24(28,29)30)11-17(18)21(35)31-20-12-19(22(2,3)4)33(5)34(20)13-16-7-6-10-36-16/h8-9,11-12,16H,6-7,10,13H2,1-5H3/b31-20?,32-14+/t16-/m1/s1. The maximum atomic E-state index is 13.4. The van der Waals surface area contributed by atoms with E-state index in [4.69, 9.17) is 9.57 Å². The summed E-state index contributed by atoms with van der Waals surface area (Å²) in [6.07, 6.45) is -8.11. The normalized spacial score (nSPS) is 18.0. The largest absolute Gasteiger partial charge is 0.432 e. The molecular weight excluding hydrogens is 506 g/mol. The number of nitrogens with zero attached hydrogens (tertiary/aromatic N) is 4. The molecule has 1 saturated heterocycles. The molecule has 2 aromatic rings. The first kappa shape index (κ1) is 28.5. The number of amides is 1. The van der Waals surface area contributed by atoms with Crippen LogP contribution in [0.15, 0.2) is 34.4 Å². The number of carbonyl (C=O) groups is 1. The second-order valence-corrected chi connectivity index (χ2v) is 9.77. The SMILES string of the molecule is C/C(=N\Oc1ccc(C(F)(F)F)cc1C(=O)N=c1cc(C(C)(C)C)n(C)n1C[C@H]1CCCO1)C(F)(F)F. The van der Waals surface area contributed by atoms with Gasteiger partial charge in [0.2, 0.25) is 0 Å². The molecule has 1 fully saturated rings. The van der Waals surface area contributed by atoms with Crippen LogP contribution in [-0.4, -0.2) is 39.9 Å². The molecule has 3 rings (SSSR count). The lowest BCUT2D eigenvalue weighted by atomic mass is 9.92. The number of alkyl halides is 6. The second-order valence-electron chi connectivity index (χ2n) is 9.77. The van der Waals surface area contributed by atoms with E-state index in [1.165, 1.54) is 0 Å². The van der Waals surface area contributed by atoms with E-state index in [-0.39, 0.29) is 17.0 Å². The number of halogens is 6. The topological polar surface area (TPSA) is 70.1 Å². The zero-order chi connectivity index (χ0) is 27.8. The smallest absolute Gasteiger partial charge is 0.376 e. The van der Waals surface area contributed by atoms with Gasteiger partial charge in [0.1, 0.15) is 0 Å². The van der Waals surface area contributed by atoms with E-state index in [0.29, 0.717) is 32.2 Å². The fraction of sp³-hybridized carbons (Fsp3) is 0.542. The van der Waals surface area contributed by atoms with Gasteiger partial charge in [-0.05, 0) is 38.0 Å². The molecule has 1 atom stereocenters. The Labute approximate surface area is 209 Å². The van der Waals surface area contributed by atoms with Crippen LogP contribution in [0.3, 0.4) is 0 Å². The number of hydrogen-bond acceptors (Lipinski definition) is 4. The molecule has 0 N–H and O–H groups in total. The molecule has 0 unspecified atom stereocenters. The highest BCUT2D eigenvalue weighted by Gasteiger charge is 2.34. The minimum atomic E-state index is -4.82. The van der Waals surface area contributed by atoms with Gasteiger partial charge in [0, 0.05) is 30.8 Å². The Balaban J connectivity index is 2.13. The lowest BCUT2D eigenvalue weighted by Gasteiger charge is -2.21. The number of oxime groups is 1. The highest BCUT2D eigenvalue weighted by atomic mass is 19.4. The Hall–Kier alpha value is -3.09. The van der Waals surface area contributed by atoms with Gasteiger partial charge in [0.15, 0.2) is 16.9 Å². The van der Waals surface area contributed by atoms with Crippen LogP contribution in [-0.2, 0) is 29.9 Å². The Morgan fingerprint density at radius 3 is 2.35 bits per heavy atom. The van der Waals surface area contributed by atoms with E-state index in [0.717, 1.165) is 24.6 Å². The molecule has 1 amide bonds. The summed E-state index contributed by atoms with van der Waals surface area (Å²) in [7, 11) is 1.77. The van der Waals surface area contributed by atoms with E-state index < -0.39 is 40.8 Å². The zero-order valence-corrected chi connectivity index (χ0v) is 21.0. The predicted molar refractivity (Wildman–Crippen MR) is 122 cm³/mol. The molecule has 0 saturated carbocycles. The number of aromatic nitrogens is 2. The summed E-state index contributed by atoms with van der Waals surface area (Å²) >= 11 is 0. The molecule has 7 nitrogen and oxygen atoms in total. The first-order chi connectivity index (χ1) is 17.0. The summed E-state index contributed by atoms with van der Waals surface area (Å²) in [5.41, 5.74) is -2.66. The van der Waals surface area contributed by atoms with Crippen molar-refractivity contribution in [2.45, 2.75) is 71.0 Å². The predicted octanol–water partition coefficient (Wildman–Crippen LogP) is 5.38. The lowest BCUT2D eigenvalue weighted by Crippen LogP contribution is -2.30. The molecule has 0 spiro atoms. The van der Waals surface area contributed by atoms with Crippen molar-refractivity contribution in [3.05, 3.63) is 46.6 Å². The minimum Gasteiger partial charge on any atom is -0.376 e. The van der Waals surface area contributed by atoms with Crippen molar-refractivity contribution in [2.24, 2.45) is 17.2 Å². The van der Waals surface area contributed by atoms with Crippen molar-refractivity contribution in [3.8, 4) is 5.75 Å². The molecule has 0 radical (unpaired) electrons. The Morgan fingerprint density at radius 2 is 1.81 bits per heavy atom. The molecule has 0 aliphatic carbocycles. The Morgan fingerprint density at radius 1 is 1.14 bits per heavy atom. The number of ether oxygens (including phenoxy) is 1. The molecule has 204 valence electrons. The van der Waals surface area contributed by atoms with Crippen LogP contribution in [0.4, 0.5) is 26.3 Å². The fourth-order valence-corrected chi connectivity index (χ4v) is 3.85. The van der Waals surface area contributed by atoms with Crippen molar-refractivity contribution in [3.63, 3.8) is 0 Å². The van der Waals surface area contributed by atoms with Gasteiger partial charge in [0.05, 0.1) is 23.8 Å². The summed E-state index contributed by atoms with van der Waals surface area (Å²) in [4.78, 5) is 22.0. The van der Waals surface area contributed by atoms with Gasteiger partial charge in [-0.1, -0.05) is 25.9 Å². The third kappa shape index (κ3) is 6.82. The van der Waals surface area contributed by atoms with Crippen molar-refractivity contribution < 1.29 is 40.7 Å². The van der Waals surface area contributed by atoms with Crippen molar-refractivity contribution in [1.29, 1.82) is 0 Å². The van der Waals surface area contributed by atoms with Gasteiger partial charge < -0.3 is 9.57 Å². The van der Waals surface area contributed by atoms with Gasteiger partial charge in [-0.25, -0.2) is 0 Å². The van der Waals surface area contributed by atoms with Gasteiger partial charge in [-0.2, -0.15) is 31.3 Å². The van der Waals surface area contributed by atoms with Crippen LogP contribution >= 0.6 is 0 Å². The van der Waals surface area contributed by atoms with Crippen LogP contribution < -0.4 is 10.3 Å². The van der Waals surface area contributed by atoms with Crippen molar-refractivity contribution >= 4 is 11.6 Å². The lowest BCUT2D eigenvalue weighted by molar-refractivity contribution is -0.137. The van der Waals surface area contributed by atoms with Gasteiger partial charge >= 0.3 is 12.4 Å². The molecule has 1 aromatic carbocycles. The minimum absolute atomic E-state index is 0.136. The molecule has 37 heavy (non-hydrogen) atoms. The van der Waals surface area contributed by atoms with Gasteiger partial charge in [0.25, 0.3) is 5.91 Å². The first-order valence-corrected chi connectivity index (χ1v) is 11.5. The van der Waals surface area contributed by atoms with E-state index in [2.05, 4.69) is 10.1 Å². The van der Waals surface area contributed by atoms with E-state index in [1.807, 2.05) is 20.8 Å². The van der Waals surface area contributed by atoms with Crippen molar-refractivity contribution in [2.75, 3.05) is 6.61 Å². The van der Waals surface area contributed by atoms with E-state index in [1.54, 1.807) is 22.5 Å². The van der Waals surface area contributed by atoms with Crippen LogP contribution in [0.25, 0.3) is 0 Å². The number of rotatable bonds is 5. The summed E-state index contributed by atoms with van der Waals surface area (Å²) in [5, 5.41) is 2.93. The van der Waals surface area contributed by atoms with E-state index in [9.17, 15) is 31.1 Å². The molecule has 13 heteroatoms. The molecule has 0 bridgehead atoms. The quantitative estimate of drug-likeness (QED) is 0.294. The molecule has 1 aliphatic rings. The fourth-order valence-electron chi connectivity index (χ4n) is 3.85. The second kappa shape index (κ2) is 10.3. The Bertz CT molecular complexity index is 1240. The van der Waals surface area contributed by atoms with Crippen LogP contribution in [0.5, 0.6) is 5.75 Å². The highest BCUT2D eigenvalue weighted by molar-refractivity contribution is 5.98. The molecule has 1 aliphatic heterocycles. The maximum absolute atomic E-state index is 13.4. The summed E-state index contributed by atoms with van der Waals surface area (Å²) in [6.45, 7) is 7.41. The summed E-state index contributed by atoms with van der Waals surface area (Å²) < 4.78 is 87.7. The summed E-state index contributed by atoms with van der Waals surface area (Å²) in [5.74, 6) is -1.73. The van der Waals surface area contributed by atoms with Gasteiger partial charge in [-0.3, -0.25) is 14.2 Å². The molecule has 2 heterocycles. The van der Waals surface area contributed by atoms with Crippen LogP contribution in [0.2, 0.25) is 0 Å². The molecular formula is C24H28F6N4O3. The number of carbonyl (C=O) groups excluding carboxylic acids is 1. The molecule has 1 aromatic heterocycles. The highest BCUT2D eigenvalue weighted by Crippen LogP contribution is 2.33. The van der Waals surface area contributed by atoms with Crippen LogP contribution in [0.1, 0.15) is 62.2 Å². The summed E-state index contributed by atoms with van der Waals surface area (Å²) in [6, 6.07) is 3.46. The zero-order valence-electron chi connectivity index (χ0n) is 21.0.